The van der Waals surface area contributed by atoms with Gasteiger partial charge in [-0.15, -0.1) is 0 Å². The number of benzene rings is 2. The van der Waals surface area contributed by atoms with Crippen LogP contribution in [0.3, 0.4) is 0 Å². The van der Waals surface area contributed by atoms with E-state index in [9.17, 15) is 4.79 Å². The van der Waals surface area contributed by atoms with Gasteiger partial charge in [0.05, 0.1) is 12.5 Å². The van der Waals surface area contributed by atoms with Crippen LogP contribution in [0.25, 0.3) is 0 Å². The molecule has 182 valence electrons. The topological polar surface area (TPSA) is 118 Å². The molecule has 2 aromatic carbocycles. The summed E-state index contributed by atoms with van der Waals surface area (Å²) in [7, 11) is 0. The van der Waals surface area contributed by atoms with Gasteiger partial charge in [0.2, 0.25) is 23.6 Å². The number of rotatable bonds is 8. The molecule has 0 radical (unpaired) electrons. The van der Waals surface area contributed by atoms with Crippen molar-refractivity contribution in [3.05, 3.63) is 84.3 Å². The Labute approximate surface area is 208 Å². The van der Waals surface area contributed by atoms with Crippen LogP contribution in [-0.2, 0) is 0 Å². The highest BCUT2D eigenvalue weighted by molar-refractivity contribution is 5.88. The Morgan fingerprint density at radius 1 is 0.917 bits per heavy atom. The Balaban J connectivity index is 1.27. The zero-order valence-corrected chi connectivity index (χ0v) is 19.5. The van der Waals surface area contributed by atoms with Crippen molar-refractivity contribution in [1.82, 2.24) is 15.0 Å². The molecule has 5 rings (SSSR count). The second-order valence-electron chi connectivity index (χ2n) is 8.13. The number of carbonyl (C=O) groups is 1. The highest BCUT2D eigenvalue weighted by Gasteiger charge is 2.16. The summed E-state index contributed by atoms with van der Waals surface area (Å²) < 4.78 is 10.3. The average Bonchev–Trinajstić information content (AvgIpc) is 3.46. The number of hydrazone groups is 1. The molecule has 0 aliphatic carbocycles. The number of carbonyl (C=O) groups excluding carboxylic acids is 1. The molecule has 36 heavy (non-hydrogen) atoms. The van der Waals surface area contributed by atoms with Gasteiger partial charge >= 0.3 is 5.97 Å². The molecule has 3 heterocycles. The van der Waals surface area contributed by atoms with E-state index >= 15 is 0 Å². The van der Waals surface area contributed by atoms with Crippen LogP contribution in [0.2, 0.25) is 0 Å². The molecule has 1 fully saturated rings. The van der Waals surface area contributed by atoms with Crippen LogP contribution >= 0.6 is 0 Å². The average molecular weight is 484 g/mol. The number of hydrogen-bond donors (Lipinski definition) is 2. The summed E-state index contributed by atoms with van der Waals surface area (Å²) in [6.07, 6.45) is 6.49. The Kier molecular flexibility index (Phi) is 7.12. The van der Waals surface area contributed by atoms with Gasteiger partial charge in [-0.2, -0.15) is 20.1 Å². The number of esters is 1. The zero-order valence-electron chi connectivity index (χ0n) is 19.5. The number of para-hydroxylation sites is 1. The third-order valence-corrected chi connectivity index (χ3v) is 5.48. The number of piperidine rings is 1. The zero-order chi connectivity index (χ0) is 24.6. The van der Waals surface area contributed by atoms with Gasteiger partial charge in [0.25, 0.3) is 0 Å². The first kappa shape index (κ1) is 23.0. The van der Waals surface area contributed by atoms with Gasteiger partial charge in [0, 0.05) is 18.8 Å². The first-order chi connectivity index (χ1) is 17.7. The molecule has 1 aliphatic heterocycles. The minimum atomic E-state index is -0.553. The summed E-state index contributed by atoms with van der Waals surface area (Å²) in [6.45, 7) is 1.82. The monoisotopic (exact) mass is 483 g/mol. The van der Waals surface area contributed by atoms with E-state index < -0.39 is 5.97 Å². The number of ether oxygens (including phenoxy) is 1. The lowest BCUT2D eigenvalue weighted by Crippen LogP contribution is -2.31. The van der Waals surface area contributed by atoms with Crippen LogP contribution in [0.15, 0.2) is 82.5 Å². The highest BCUT2D eigenvalue weighted by Crippen LogP contribution is 2.21. The quantitative estimate of drug-likeness (QED) is 0.157. The van der Waals surface area contributed by atoms with E-state index in [0.29, 0.717) is 23.6 Å². The predicted molar refractivity (Wildman–Crippen MR) is 137 cm³/mol. The van der Waals surface area contributed by atoms with Crippen molar-refractivity contribution < 1.29 is 13.9 Å². The van der Waals surface area contributed by atoms with Gasteiger partial charge < -0.3 is 19.4 Å². The van der Waals surface area contributed by atoms with E-state index in [1.165, 1.54) is 12.7 Å². The second-order valence-corrected chi connectivity index (χ2v) is 8.13. The van der Waals surface area contributed by atoms with Crippen molar-refractivity contribution in [1.29, 1.82) is 0 Å². The molecule has 0 bridgehead atoms. The smallest absolute Gasteiger partial charge is 0.379 e. The van der Waals surface area contributed by atoms with E-state index in [1.54, 1.807) is 42.6 Å². The predicted octanol–water partition coefficient (Wildman–Crippen LogP) is 4.86. The third-order valence-electron chi connectivity index (χ3n) is 5.48. The summed E-state index contributed by atoms with van der Waals surface area (Å²) in [5, 5.41) is 7.52. The molecule has 2 aromatic heterocycles. The van der Waals surface area contributed by atoms with Gasteiger partial charge in [-0.05, 0) is 73.4 Å². The highest BCUT2D eigenvalue weighted by atomic mass is 16.5. The molecule has 2 N–H and O–H groups in total. The molecule has 0 amide bonds. The summed E-state index contributed by atoms with van der Waals surface area (Å²) in [5.74, 6) is 1.39. The van der Waals surface area contributed by atoms with Gasteiger partial charge in [-0.1, -0.05) is 18.2 Å². The Morgan fingerprint density at radius 3 is 2.44 bits per heavy atom. The van der Waals surface area contributed by atoms with Crippen LogP contribution in [-0.4, -0.2) is 40.2 Å². The minimum absolute atomic E-state index is 0.146. The molecule has 1 aliphatic rings. The van der Waals surface area contributed by atoms with Crippen molar-refractivity contribution >= 4 is 35.7 Å². The fourth-order valence-corrected chi connectivity index (χ4v) is 3.70. The maximum Gasteiger partial charge on any atom is 0.379 e. The molecular weight excluding hydrogens is 458 g/mol. The van der Waals surface area contributed by atoms with Gasteiger partial charge in [-0.3, -0.25) is 0 Å². The molecule has 0 atom stereocenters. The van der Waals surface area contributed by atoms with Crippen molar-refractivity contribution in [2.45, 2.75) is 19.3 Å². The largest absolute Gasteiger partial charge is 0.457 e. The molecule has 4 aromatic rings. The van der Waals surface area contributed by atoms with E-state index in [0.717, 1.165) is 37.2 Å². The first-order valence-electron chi connectivity index (χ1n) is 11.7. The standard InChI is InChI=1S/C26H25N7O3/c34-23(22-10-7-17-35-22)36-21-13-11-19(12-14-21)18-27-32-25-29-24(28-20-8-3-1-4-9-20)30-26(31-25)33-15-5-2-6-16-33/h1,3-4,7-14,17-18H,2,5-6,15-16H2,(H2,28,29,30,31,32)/b27-18+. The summed E-state index contributed by atoms with van der Waals surface area (Å²) in [6, 6.07) is 19.9. The van der Waals surface area contributed by atoms with E-state index in [1.807, 2.05) is 30.3 Å². The fourth-order valence-electron chi connectivity index (χ4n) is 3.70. The van der Waals surface area contributed by atoms with Crippen molar-refractivity contribution in [3.8, 4) is 5.75 Å². The van der Waals surface area contributed by atoms with Crippen molar-refractivity contribution in [2.24, 2.45) is 5.10 Å². The lowest BCUT2D eigenvalue weighted by atomic mass is 10.1. The normalized spacial score (nSPS) is 13.5. The Bertz CT molecular complexity index is 1300. The summed E-state index contributed by atoms with van der Waals surface area (Å²) in [5.41, 5.74) is 4.59. The number of anilines is 4. The van der Waals surface area contributed by atoms with Crippen LogP contribution in [0.4, 0.5) is 23.5 Å². The van der Waals surface area contributed by atoms with E-state index in [2.05, 4.69) is 35.7 Å². The molecule has 10 nitrogen and oxygen atoms in total. The van der Waals surface area contributed by atoms with Gasteiger partial charge in [-0.25, -0.2) is 10.2 Å². The molecule has 0 saturated carbocycles. The fraction of sp³-hybridized carbons (Fsp3) is 0.192. The van der Waals surface area contributed by atoms with Crippen LogP contribution in [0, 0.1) is 0 Å². The summed E-state index contributed by atoms with van der Waals surface area (Å²) >= 11 is 0. The number of nitrogens with one attached hydrogen (secondary N) is 2. The number of nitrogens with zero attached hydrogens (tertiary/aromatic N) is 5. The lowest BCUT2D eigenvalue weighted by molar-refractivity contribution is 0.0701. The molecule has 0 spiro atoms. The van der Waals surface area contributed by atoms with Crippen LogP contribution in [0.5, 0.6) is 5.75 Å². The first-order valence-corrected chi connectivity index (χ1v) is 11.7. The van der Waals surface area contributed by atoms with E-state index in [4.69, 9.17) is 9.15 Å². The number of hydrogen-bond acceptors (Lipinski definition) is 10. The van der Waals surface area contributed by atoms with Crippen LogP contribution < -0.4 is 20.4 Å². The van der Waals surface area contributed by atoms with Crippen LogP contribution in [0.1, 0.15) is 35.4 Å². The molecular formula is C26H25N7O3. The minimum Gasteiger partial charge on any atom is -0.457 e. The van der Waals surface area contributed by atoms with Gasteiger partial charge in [0.15, 0.2) is 0 Å². The van der Waals surface area contributed by atoms with E-state index in [-0.39, 0.29) is 5.76 Å². The number of aromatic nitrogens is 3. The van der Waals surface area contributed by atoms with Gasteiger partial charge in [0.1, 0.15) is 5.75 Å². The molecule has 10 heteroatoms. The molecule has 1 saturated heterocycles. The second kappa shape index (κ2) is 11.1. The summed E-state index contributed by atoms with van der Waals surface area (Å²) in [4.78, 5) is 27.8. The lowest BCUT2D eigenvalue weighted by Gasteiger charge is -2.26. The molecule has 0 unspecified atom stereocenters. The SMILES string of the molecule is O=C(Oc1ccc(/C=N/Nc2nc(Nc3ccccc3)nc(N3CCCCC3)n2)cc1)c1ccco1. The van der Waals surface area contributed by atoms with Crippen molar-refractivity contribution in [2.75, 3.05) is 28.7 Å². The Hall–Kier alpha value is -4.73. The Morgan fingerprint density at radius 2 is 1.69 bits per heavy atom. The third kappa shape index (κ3) is 6.03. The number of furan rings is 1. The maximum absolute atomic E-state index is 12.0. The van der Waals surface area contributed by atoms with Crippen molar-refractivity contribution in [3.63, 3.8) is 0 Å². The maximum atomic E-state index is 12.0.